The molecular formula is C22H21N3O4S2. The van der Waals surface area contributed by atoms with Crippen molar-refractivity contribution >= 4 is 38.2 Å². The third kappa shape index (κ3) is 4.70. The normalized spacial score (nSPS) is 11.8. The van der Waals surface area contributed by atoms with Crippen molar-refractivity contribution in [3.63, 3.8) is 0 Å². The Morgan fingerprint density at radius 2 is 1.81 bits per heavy atom. The number of carbonyl (C=O) groups is 1. The lowest BCUT2D eigenvalue weighted by molar-refractivity contribution is 0.0702. The highest BCUT2D eigenvalue weighted by Crippen LogP contribution is 2.29. The number of para-hydroxylation sites is 1. The summed E-state index contributed by atoms with van der Waals surface area (Å²) < 4.78 is 24.7. The maximum atomic E-state index is 11.3. The van der Waals surface area contributed by atoms with E-state index in [9.17, 15) is 18.3 Å². The molecular weight excluding hydrogens is 434 g/mol. The van der Waals surface area contributed by atoms with Crippen LogP contribution in [0.25, 0.3) is 15.9 Å². The van der Waals surface area contributed by atoms with Gasteiger partial charge in [-0.25, -0.2) is 18.4 Å². The third-order valence-corrected chi connectivity index (χ3v) is 6.99. The van der Waals surface area contributed by atoms with Gasteiger partial charge in [-0.3, -0.25) is 0 Å². The van der Waals surface area contributed by atoms with E-state index in [1.165, 1.54) is 23.5 Å². The molecule has 0 aliphatic carbocycles. The van der Waals surface area contributed by atoms with Crippen molar-refractivity contribution in [3.8, 4) is 5.00 Å². The second-order valence-electron chi connectivity index (χ2n) is 7.10. The summed E-state index contributed by atoms with van der Waals surface area (Å²) >= 11 is 1.24. The molecule has 2 aromatic heterocycles. The summed E-state index contributed by atoms with van der Waals surface area (Å²) in [7, 11) is -3.68. The van der Waals surface area contributed by atoms with Crippen LogP contribution >= 0.6 is 11.3 Å². The molecule has 2 heterocycles. The molecule has 0 amide bonds. The quantitative estimate of drug-likeness (QED) is 0.353. The molecule has 2 aromatic carbocycles. The van der Waals surface area contributed by atoms with E-state index in [0.717, 1.165) is 40.0 Å². The molecule has 0 fully saturated rings. The van der Waals surface area contributed by atoms with Crippen molar-refractivity contribution < 1.29 is 18.3 Å². The Kier molecular flexibility index (Phi) is 5.92. The molecule has 4 aromatic rings. The van der Waals surface area contributed by atoms with Gasteiger partial charge in [-0.05, 0) is 54.4 Å². The Morgan fingerprint density at radius 3 is 2.48 bits per heavy atom. The van der Waals surface area contributed by atoms with E-state index < -0.39 is 16.0 Å². The summed E-state index contributed by atoms with van der Waals surface area (Å²) in [4.78, 5) is 11.6. The first kappa shape index (κ1) is 21.3. The number of hydrogen-bond donors (Lipinski definition) is 3. The SMILES string of the molecule is NS(=O)(=O)c1ccc(CCNCc2cn(-c3ccc(C(=O)O)s3)c3ccccc23)cc1. The Morgan fingerprint density at radius 1 is 1.06 bits per heavy atom. The number of carboxylic acids is 1. The predicted octanol–water partition coefficient (Wildman–Crippen LogP) is 3.37. The number of fused-ring (bicyclic) bond motifs is 1. The van der Waals surface area contributed by atoms with Gasteiger partial charge in [-0.2, -0.15) is 0 Å². The highest BCUT2D eigenvalue weighted by atomic mass is 32.2. The van der Waals surface area contributed by atoms with Gasteiger partial charge in [0.15, 0.2) is 0 Å². The zero-order chi connectivity index (χ0) is 22.0. The van der Waals surface area contributed by atoms with Crippen LogP contribution in [0.15, 0.2) is 71.8 Å². The molecule has 31 heavy (non-hydrogen) atoms. The first-order valence-electron chi connectivity index (χ1n) is 9.58. The van der Waals surface area contributed by atoms with E-state index in [4.69, 9.17) is 5.14 Å². The molecule has 0 spiro atoms. The molecule has 0 aliphatic rings. The van der Waals surface area contributed by atoms with Crippen LogP contribution in [0.4, 0.5) is 0 Å². The summed E-state index contributed by atoms with van der Waals surface area (Å²) in [6.07, 6.45) is 2.78. The van der Waals surface area contributed by atoms with Crippen molar-refractivity contribution in [3.05, 3.63) is 82.9 Å². The third-order valence-electron chi connectivity index (χ3n) is 4.99. The molecule has 0 atom stereocenters. The molecule has 9 heteroatoms. The van der Waals surface area contributed by atoms with Gasteiger partial charge in [0.25, 0.3) is 0 Å². The van der Waals surface area contributed by atoms with E-state index >= 15 is 0 Å². The molecule has 4 rings (SSSR count). The van der Waals surface area contributed by atoms with Crippen molar-refractivity contribution in [1.82, 2.24) is 9.88 Å². The Hall–Kier alpha value is -2.98. The number of rotatable bonds is 8. The van der Waals surface area contributed by atoms with E-state index in [2.05, 4.69) is 11.4 Å². The lowest BCUT2D eigenvalue weighted by atomic mass is 10.1. The molecule has 7 nitrogen and oxygen atoms in total. The van der Waals surface area contributed by atoms with E-state index in [-0.39, 0.29) is 4.90 Å². The van der Waals surface area contributed by atoms with Gasteiger partial charge >= 0.3 is 5.97 Å². The lowest BCUT2D eigenvalue weighted by Crippen LogP contribution is -2.16. The number of nitrogens with zero attached hydrogens (tertiary/aromatic N) is 1. The minimum absolute atomic E-state index is 0.108. The number of aromatic nitrogens is 1. The number of primary sulfonamides is 1. The van der Waals surface area contributed by atoms with Gasteiger partial charge in [0, 0.05) is 18.1 Å². The van der Waals surface area contributed by atoms with Gasteiger partial charge in [0.2, 0.25) is 10.0 Å². The average molecular weight is 456 g/mol. The Balaban J connectivity index is 1.46. The number of nitrogens with two attached hydrogens (primary N) is 1. The number of benzene rings is 2. The average Bonchev–Trinajstić information content (AvgIpc) is 3.36. The maximum Gasteiger partial charge on any atom is 0.345 e. The fraction of sp³-hybridized carbons (Fsp3) is 0.136. The molecule has 160 valence electrons. The number of nitrogens with one attached hydrogen (secondary N) is 1. The summed E-state index contributed by atoms with van der Waals surface area (Å²) in [5, 5.41) is 19.7. The number of carboxylic acid groups (broad SMARTS) is 1. The van der Waals surface area contributed by atoms with Crippen LogP contribution in [-0.4, -0.2) is 30.6 Å². The van der Waals surface area contributed by atoms with Gasteiger partial charge in [0.1, 0.15) is 9.88 Å². The van der Waals surface area contributed by atoms with Crippen molar-refractivity contribution in [1.29, 1.82) is 0 Å². The van der Waals surface area contributed by atoms with Crippen molar-refractivity contribution in [2.24, 2.45) is 5.14 Å². The van der Waals surface area contributed by atoms with Gasteiger partial charge in [-0.1, -0.05) is 30.3 Å². The predicted molar refractivity (Wildman–Crippen MR) is 121 cm³/mol. The number of hydrogen-bond acceptors (Lipinski definition) is 5. The van der Waals surface area contributed by atoms with Crippen molar-refractivity contribution in [2.75, 3.05) is 6.54 Å². The zero-order valence-electron chi connectivity index (χ0n) is 16.5. The molecule has 0 saturated carbocycles. The summed E-state index contributed by atoms with van der Waals surface area (Å²) in [6, 6.07) is 18.0. The summed E-state index contributed by atoms with van der Waals surface area (Å²) in [6.45, 7) is 1.37. The Bertz CT molecular complexity index is 1340. The highest BCUT2D eigenvalue weighted by Gasteiger charge is 2.13. The van der Waals surface area contributed by atoms with Crippen LogP contribution in [0.5, 0.6) is 0 Å². The highest BCUT2D eigenvalue weighted by molar-refractivity contribution is 7.89. The number of sulfonamides is 1. The second-order valence-corrected chi connectivity index (χ2v) is 9.72. The molecule has 0 aliphatic heterocycles. The minimum Gasteiger partial charge on any atom is -0.477 e. The van der Waals surface area contributed by atoms with Crippen molar-refractivity contribution in [2.45, 2.75) is 17.9 Å². The van der Waals surface area contributed by atoms with Crippen LogP contribution < -0.4 is 10.5 Å². The Labute approximate surface area is 183 Å². The zero-order valence-corrected chi connectivity index (χ0v) is 18.1. The number of aromatic carboxylic acids is 1. The fourth-order valence-electron chi connectivity index (χ4n) is 3.45. The van der Waals surface area contributed by atoms with Gasteiger partial charge in [-0.15, -0.1) is 11.3 Å². The van der Waals surface area contributed by atoms with Crippen LogP contribution in [0, 0.1) is 0 Å². The summed E-state index contributed by atoms with van der Waals surface area (Å²) in [5.41, 5.74) is 3.16. The van der Waals surface area contributed by atoms with Gasteiger partial charge in [0.05, 0.1) is 10.4 Å². The molecule has 0 unspecified atom stereocenters. The topological polar surface area (TPSA) is 114 Å². The number of thiophene rings is 1. The first-order valence-corrected chi connectivity index (χ1v) is 11.9. The van der Waals surface area contributed by atoms with Crippen LogP contribution in [0.2, 0.25) is 0 Å². The van der Waals surface area contributed by atoms with E-state index in [1.807, 2.05) is 35.0 Å². The lowest BCUT2D eigenvalue weighted by Gasteiger charge is -2.05. The van der Waals surface area contributed by atoms with Crippen LogP contribution in [0.1, 0.15) is 20.8 Å². The van der Waals surface area contributed by atoms with Crippen LogP contribution in [0.3, 0.4) is 0 Å². The first-order chi connectivity index (χ1) is 14.8. The largest absolute Gasteiger partial charge is 0.477 e. The molecule has 0 bridgehead atoms. The monoisotopic (exact) mass is 455 g/mol. The second kappa shape index (κ2) is 8.64. The van der Waals surface area contributed by atoms with Gasteiger partial charge < -0.3 is 15.0 Å². The smallest absolute Gasteiger partial charge is 0.345 e. The minimum atomic E-state index is -3.68. The van der Waals surface area contributed by atoms with E-state index in [0.29, 0.717) is 11.4 Å². The molecule has 0 saturated heterocycles. The molecule has 4 N–H and O–H groups in total. The van der Waals surface area contributed by atoms with Crippen LogP contribution in [-0.2, 0) is 23.0 Å². The van der Waals surface area contributed by atoms with E-state index in [1.54, 1.807) is 18.2 Å². The maximum absolute atomic E-state index is 11.3. The fourth-order valence-corrected chi connectivity index (χ4v) is 4.80. The summed E-state index contributed by atoms with van der Waals surface area (Å²) in [5.74, 6) is -0.924. The standard InChI is InChI=1S/C22H21N3O4S2/c23-31(28,29)17-7-5-15(6-8-17)11-12-24-13-16-14-25(19-4-2-1-3-18(16)19)21-10-9-20(30-21)22(26)27/h1-10,14,24H,11-13H2,(H,26,27)(H2,23,28,29). The molecule has 0 radical (unpaired) electrons.